The summed E-state index contributed by atoms with van der Waals surface area (Å²) in [5.74, 6) is -0.379. The molecule has 1 saturated heterocycles. The number of carbonyl (C=O) groups is 2. The van der Waals surface area contributed by atoms with Crippen LogP contribution >= 0.6 is 0 Å². The van der Waals surface area contributed by atoms with Gasteiger partial charge in [-0.15, -0.1) is 0 Å². The van der Waals surface area contributed by atoms with Crippen molar-refractivity contribution in [1.29, 1.82) is 0 Å². The van der Waals surface area contributed by atoms with Crippen molar-refractivity contribution in [1.82, 2.24) is 0 Å². The fourth-order valence-electron chi connectivity index (χ4n) is 5.40. The molecule has 2 aliphatic heterocycles. The van der Waals surface area contributed by atoms with Crippen molar-refractivity contribution in [3.8, 4) is 0 Å². The molecule has 1 unspecified atom stereocenters. The summed E-state index contributed by atoms with van der Waals surface area (Å²) < 4.78 is 0. The van der Waals surface area contributed by atoms with Crippen LogP contribution in [0.1, 0.15) is 18.4 Å². The summed E-state index contributed by atoms with van der Waals surface area (Å²) >= 11 is 0. The summed E-state index contributed by atoms with van der Waals surface area (Å²) in [6.07, 6.45) is 2.05. The molecule has 2 aromatic rings. The van der Waals surface area contributed by atoms with Gasteiger partial charge in [0.25, 0.3) is 0 Å². The Bertz CT molecular complexity index is 994. The summed E-state index contributed by atoms with van der Waals surface area (Å²) in [5.41, 5.74) is 5.67. The highest BCUT2D eigenvalue weighted by Crippen LogP contribution is 2.58. The summed E-state index contributed by atoms with van der Waals surface area (Å²) in [6.45, 7) is 0. The highest BCUT2D eigenvalue weighted by molar-refractivity contribution is 6.24. The van der Waals surface area contributed by atoms with Gasteiger partial charge in [-0.05, 0) is 42.5 Å². The fraction of sp³-hybridized carbons (Fsp3) is 0.273. The lowest BCUT2D eigenvalue weighted by molar-refractivity contribution is -0.123. The first-order chi connectivity index (χ1) is 12.8. The number of hydrogen-bond donors (Lipinski definition) is 1. The Kier molecular flexibility index (Phi) is 2.67. The molecule has 0 bridgehead atoms. The number of nitrogens with zero attached hydrogens (tertiary/aromatic N) is 1. The predicted molar refractivity (Wildman–Crippen MR) is 99.4 cm³/mol. The van der Waals surface area contributed by atoms with Crippen molar-refractivity contribution in [2.45, 2.75) is 18.9 Å². The largest absolute Gasteiger partial charge is 0.377 e. The van der Waals surface area contributed by atoms with Gasteiger partial charge in [0.1, 0.15) is 0 Å². The number of carbonyl (C=O) groups excluding carboxylic acids is 2. The zero-order valence-electron chi connectivity index (χ0n) is 14.2. The molecule has 2 aromatic carbocycles. The molecule has 1 saturated carbocycles. The van der Waals surface area contributed by atoms with E-state index in [2.05, 4.69) is 17.4 Å². The van der Waals surface area contributed by atoms with Crippen molar-refractivity contribution in [2.24, 2.45) is 17.8 Å². The van der Waals surface area contributed by atoms with Crippen LogP contribution in [0.5, 0.6) is 0 Å². The standard InChI is InChI=1S/C22H18N2O2/c25-21-18-14-11-10-13(14)17-15-8-4-5-9-16(15)23-20(17)19(18)22(26)24(21)12-6-2-1-3-7-12/h1-9,14,18-20,23H,10-11H2/t14-,18-,19-,20?/m1/s1. The highest BCUT2D eigenvalue weighted by atomic mass is 16.2. The molecule has 2 fully saturated rings. The van der Waals surface area contributed by atoms with Crippen LogP contribution in [0.25, 0.3) is 5.57 Å². The van der Waals surface area contributed by atoms with Crippen LogP contribution in [0.4, 0.5) is 11.4 Å². The smallest absolute Gasteiger partial charge is 0.240 e. The Morgan fingerprint density at radius 3 is 2.38 bits per heavy atom. The van der Waals surface area contributed by atoms with Crippen LogP contribution in [0, 0.1) is 17.8 Å². The molecule has 1 N–H and O–H groups in total. The van der Waals surface area contributed by atoms with Gasteiger partial charge in [0.2, 0.25) is 11.8 Å². The molecule has 2 heterocycles. The molecule has 0 spiro atoms. The van der Waals surface area contributed by atoms with E-state index in [4.69, 9.17) is 0 Å². The Morgan fingerprint density at radius 1 is 0.885 bits per heavy atom. The van der Waals surface area contributed by atoms with Gasteiger partial charge in [-0.2, -0.15) is 0 Å². The third-order valence-corrected chi connectivity index (χ3v) is 6.56. The molecule has 0 aromatic heterocycles. The predicted octanol–water partition coefficient (Wildman–Crippen LogP) is 3.46. The maximum absolute atomic E-state index is 13.4. The minimum Gasteiger partial charge on any atom is -0.377 e. The number of para-hydroxylation sites is 2. The zero-order chi connectivity index (χ0) is 17.4. The number of imide groups is 1. The van der Waals surface area contributed by atoms with Gasteiger partial charge >= 0.3 is 0 Å². The zero-order valence-corrected chi connectivity index (χ0v) is 14.2. The Hall–Kier alpha value is -2.88. The number of hydrogen-bond acceptors (Lipinski definition) is 3. The van der Waals surface area contributed by atoms with Crippen LogP contribution in [0.3, 0.4) is 0 Å². The molecule has 4 heteroatoms. The average Bonchev–Trinajstić information content (AvgIpc) is 3.11. The second kappa shape index (κ2) is 4.85. The van der Waals surface area contributed by atoms with Gasteiger partial charge in [0, 0.05) is 11.3 Å². The number of amides is 2. The lowest BCUT2D eigenvalue weighted by Crippen LogP contribution is -2.45. The highest BCUT2D eigenvalue weighted by Gasteiger charge is 2.61. The molecule has 0 radical (unpaired) electrons. The monoisotopic (exact) mass is 342 g/mol. The van der Waals surface area contributed by atoms with Crippen molar-refractivity contribution in [3.05, 3.63) is 65.7 Å². The van der Waals surface area contributed by atoms with Crippen LogP contribution < -0.4 is 10.2 Å². The van der Waals surface area contributed by atoms with Crippen LogP contribution in [-0.2, 0) is 9.59 Å². The van der Waals surface area contributed by atoms with Gasteiger partial charge in [-0.3, -0.25) is 9.59 Å². The molecular formula is C22H18N2O2. The summed E-state index contributed by atoms with van der Waals surface area (Å²) in [5, 5.41) is 3.56. The molecule has 26 heavy (non-hydrogen) atoms. The normalized spacial score (nSPS) is 31.0. The average molecular weight is 342 g/mol. The van der Waals surface area contributed by atoms with E-state index in [1.165, 1.54) is 21.6 Å². The maximum Gasteiger partial charge on any atom is 0.240 e. The fourth-order valence-corrected chi connectivity index (χ4v) is 5.40. The van der Waals surface area contributed by atoms with Crippen molar-refractivity contribution >= 4 is 28.8 Å². The molecule has 4 atom stereocenters. The van der Waals surface area contributed by atoms with Crippen LogP contribution in [0.2, 0.25) is 0 Å². The van der Waals surface area contributed by atoms with E-state index in [1.54, 1.807) is 0 Å². The molecule has 2 aliphatic carbocycles. The third kappa shape index (κ3) is 1.60. The first-order valence-corrected chi connectivity index (χ1v) is 9.27. The van der Waals surface area contributed by atoms with E-state index < -0.39 is 0 Å². The SMILES string of the molecule is O=C1[C@@H]2[C@@H]3CCC3=C3c4ccccc4NC3[C@@H]2C(=O)N1c1ccccc1. The summed E-state index contributed by atoms with van der Waals surface area (Å²) in [4.78, 5) is 28.0. The molecule has 2 amide bonds. The van der Waals surface area contributed by atoms with E-state index in [-0.39, 0.29) is 35.6 Å². The van der Waals surface area contributed by atoms with Crippen molar-refractivity contribution < 1.29 is 9.59 Å². The third-order valence-electron chi connectivity index (χ3n) is 6.56. The molecule has 4 aliphatic rings. The number of nitrogens with one attached hydrogen (secondary N) is 1. The first kappa shape index (κ1) is 14.3. The lowest BCUT2D eigenvalue weighted by atomic mass is 9.59. The van der Waals surface area contributed by atoms with Gasteiger partial charge < -0.3 is 5.32 Å². The van der Waals surface area contributed by atoms with E-state index in [0.717, 1.165) is 18.5 Å². The van der Waals surface area contributed by atoms with Gasteiger partial charge in [-0.1, -0.05) is 42.0 Å². The van der Waals surface area contributed by atoms with E-state index >= 15 is 0 Å². The van der Waals surface area contributed by atoms with Gasteiger partial charge in [0.15, 0.2) is 0 Å². The Morgan fingerprint density at radius 2 is 1.62 bits per heavy atom. The number of allylic oxidation sites excluding steroid dienone is 1. The molecular weight excluding hydrogens is 324 g/mol. The Balaban J connectivity index is 1.50. The Labute approximate surface area is 151 Å². The second-order valence-electron chi connectivity index (χ2n) is 7.65. The molecule has 6 rings (SSSR count). The minimum atomic E-state index is -0.306. The number of fused-ring (bicyclic) bond motifs is 7. The van der Waals surface area contributed by atoms with Gasteiger partial charge in [-0.25, -0.2) is 4.90 Å². The van der Waals surface area contributed by atoms with E-state index in [9.17, 15) is 9.59 Å². The molecule has 128 valence electrons. The second-order valence-corrected chi connectivity index (χ2v) is 7.65. The van der Waals surface area contributed by atoms with E-state index in [1.807, 2.05) is 42.5 Å². The summed E-state index contributed by atoms with van der Waals surface area (Å²) in [6, 6.07) is 17.5. The number of benzene rings is 2. The first-order valence-electron chi connectivity index (χ1n) is 9.27. The number of rotatable bonds is 1. The van der Waals surface area contributed by atoms with Crippen molar-refractivity contribution in [2.75, 3.05) is 10.2 Å². The van der Waals surface area contributed by atoms with Gasteiger partial charge in [0.05, 0.1) is 23.6 Å². The molecule has 4 nitrogen and oxygen atoms in total. The lowest BCUT2D eigenvalue weighted by Gasteiger charge is -2.44. The van der Waals surface area contributed by atoms with Crippen LogP contribution in [0.15, 0.2) is 60.2 Å². The van der Waals surface area contributed by atoms with E-state index in [0.29, 0.717) is 5.69 Å². The minimum absolute atomic E-state index is 0.0230. The maximum atomic E-state index is 13.4. The van der Waals surface area contributed by atoms with Crippen LogP contribution in [-0.4, -0.2) is 17.9 Å². The summed E-state index contributed by atoms with van der Waals surface area (Å²) in [7, 11) is 0. The number of anilines is 2. The van der Waals surface area contributed by atoms with Crippen molar-refractivity contribution in [3.63, 3.8) is 0 Å². The quantitative estimate of drug-likeness (QED) is 0.808. The topological polar surface area (TPSA) is 49.4 Å².